The molecule has 0 bridgehead atoms. The molecule has 5 rings (SSSR count). The van der Waals surface area contributed by atoms with Crippen molar-refractivity contribution in [2.45, 2.75) is 41.0 Å². The summed E-state index contributed by atoms with van der Waals surface area (Å²) < 4.78 is 0. The Bertz CT molecular complexity index is 1210. The molecule has 0 fully saturated rings. The van der Waals surface area contributed by atoms with Crippen LogP contribution in [0.2, 0.25) is 0 Å². The average Bonchev–Trinajstić information content (AvgIpc) is 3.20. The zero-order valence-corrected chi connectivity index (χ0v) is 29.1. The summed E-state index contributed by atoms with van der Waals surface area (Å²) in [5.74, 6) is 0. The number of hydrogen-bond donors (Lipinski definition) is 0. The third kappa shape index (κ3) is 9.84. The van der Waals surface area contributed by atoms with Crippen LogP contribution in [0.5, 0.6) is 0 Å². The number of rotatable bonds is 8. The van der Waals surface area contributed by atoms with E-state index in [0.29, 0.717) is 0 Å². The molecule has 0 N–H and O–H groups in total. The van der Waals surface area contributed by atoms with E-state index in [1.54, 1.807) is 0 Å². The summed E-state index contributed by atoms with van der Waals surface area (Å²) >= 11 is 1.82. The van der Waals surface area contributed by atoms with E-state index < -0.39 is 0 Å². The van der Waals surface area contributed by atoms with E-state index in [4.69, 9.17) is 0 Å². The molecule has 0 aromatic heterocycles. The molecular weight excluding hydrogens is 643 g/mol. The van der Waals surface area contributed by atoms with Crippen molar-refractivity contribution in [1.29, 1.82) is 0 Å². The molecule has 0 nitrogen and oxygen atoms in total. The fourth-order valence-electron chi connectivity index (χ4n) is 5.04. The standard InChI is InChI=1S/C27H26P2.C10H15.ClH.Ru/c1-5-14-24(15-6-1)28(25-16-7-2-8-17-25)22-13-23-29(26-18-9-3-10-19-26)27-20-11-4-12-21-27;1-7-6-10(4,5)9(3)8(7)2;;/h1-12,14-21H,13,22-23H2;1-5H3;1H;/q;-1;;+2/p-1. The molecule has 0 heterocycles. The maximum atomic E-state index is 4.57. The van der Waals surface area contributed by atoms with Gasteiger partial charge in [0.25, 0.3) is 0 Å². The molecule has 0 unspecified atom stereocenters. The summed E-state index contributed by atoms with van der Waals surface area (Å²) in [5, 5.41) is 5.94. The molecule has 1 aliphatic carbocycles. The number of allylic oxidation sites excluding steroid dienone is 4. The molecule has 0 amide bonds. The van der Waals surface area contributed by atoms with Gasteiger partial charge in [0.2, 0.25) is 0 Å². The van der Waals surface area contributed by atoms with Crippen molar-refractivity contribution in [2.24, 2.45) is 5.41 Å². The Morgan fingerprint density at radius 1 is 0.561 bits per heavy atom. The second-order valence-electron chi connectivity index (χ2n) is 10.6. The van der Waals surface area contributed by atoms with E-state index >= 15 is 0 Å². The Labute approximate surface area is 265 Å². The maximum Gasteiger partial charge on any atom is -0.0195 e. The smallest absolute Gasteiger partial charge is 0.0195 e. The van der Waals surface area contributed by atoms with Crippen molar-refractivity contribution in [3.63, 3.8) is 0 Å². The van der Waals surface area contributed by atoms with Crippen molar-refractivity contribution in [3.05, 3.63) is 144 Å². The molecule has 214 valence electrons. The summed E-state index contributed by atoms with van der Waals surface area (Å²) in [6, 6.07) is 44.3. The number of hydrogen-bond acceptors (Lipinski definition) is 0. The number of halogens is 1. The van der Waals surface area contributed by atoms with Crippen LogP contribution in [0.3, 0.4) is 0 Å². The molecular formula is C37H41ClP2Ru. The van der Waals surface area contributed by atoms with Crippen LogP contribution in [-0.2, 0) is 17.3 Å². The van der Waals surface area contributed by atoms with Gasteiger partial charge in [0.15, 0.2) is 0 Å². The maximum absolute atomic E-state index is 4.57. The van der Waals surface area contributed by atoms with Gasteiger partial charge in [-0.3, -0.25) is 6.08 Å². The zero-order valence-electron chi connectivity index (χ0n) is 24.8. The molecule has 0 saturated heterocycles. The predicted molar refractivity (Wildman–Crippen MR) is 183 cm³/mol. The van der Waals surface area contributed by atoms with Gasteiger partial charge in [-0.1, -0.05) is 154 Å². The minimum atomic E-state index is -0.309. The summed E-state index contributed by atoms with van der Waals surface area (Å²) in [6.45, 7) is 10.9. The van der Waals surface area contributed by atoms with Crippen molar-refractivity contribution >= 4 is 46.8 Å². The van der Waals surface area contributed by atoms with E-state index in [1.165, 1.54) is 56.7 Å². The number of benzene rings is 4. The summed E-state index contributed by atoms with van der Waals surface area (Å²) in [5.41, 5.74) is 4.39. The van der Waals surface area contributed by atoms with E-state index in [-0.39, 0.29) is 21.3 Å². The normalized spacial score (nSPS) is 13.7. The Balaban J connectivity index is 0.000000324. The van der Waals surface area contributed by atoms with Crippen LogP contribution in [0, 0.1) is 11.5 Å². The SMILES string of the molecule is CC1=[C-]C(C)(C)C(C)=C1C.[Cl][Ru+].c1ccc(P(CCCP(c2ccccc2)c2ccccc2)c2ccccc2)cc1. The van der Waals surface area contributed by atoms with Crippen LogP contribution >= 0.6 is 25.5 Å². The molecule has 1 aliphatic rings. The Morgan fingerprint density at radius 3 is 1.05 bits per heavy atom. The van der Waals surface area contributed by atoms with Gasteiger partial charge in [0, 0.05) is 0 Å². The second-order valence-corrected chi connectivity index (χ2v) is 15.3. The molecule has 0 radical (unpaired) electrons. The first kappa shape index (κ1) is 33.6. The molecule has 0 aliphatic heterocycles. The zero-order chi connectivity index (χ0) is 29.7. The second kappa shape index (κ2) is 17.3. The van der Waals surface area contributed by atoms with Gasteiger partial charge >= 0.3 is 27.0 Å². The first-order valence-electron chi connectivity index (χ1n) is 14.1. The molecule has 41 heavy (non-hydrogen) atoms. The van der Waals surface area contributed by atoms with Gasteiger partial charge in [-0.05, 0) is 55.8 Å². The van der Waals surface area contributed by atoms with Crippen molar-refractivity contribution in [2.75, 3.05) is 12.3 Å². The van der Waals surface area contributed by atoms with Gasteiger partial charge in [0.05, 0.1) is 0 Å². The summed E-state index contributed by atoms with van der Waals surface area (Å²) in [4.78, 5) is 0. The average molecular weight is 684 g/mol. The minimum absolute atomic E-state index is 0.189. The van der Waals surface area contributed by atoms with E-state index in [9.17, 15) is 0 Å². The monoisotopic (exact) mass is 684 g/mol. The first-order valence-corrected chi connectivity index (χ1v) is 19.3. The van der Waals surface area contributed by atoms with Crippen LogP contribution < -0.4 is 21.2 Å². The van der Waals surface area contributed by atoms with Gasteiger partial charge in [-0.2, -0.15) is 11.1 Å². The van der Waals surface area contributed by atoms with Crippen LogP contribution in [0.15, 0.2) is 138 Å². The summed E-state index contributed by atoms with van der Waals surface area (Å²) in [7, 11) is 3.95. The quantitative estimate of drug-likeness (QED) is 0.0987. The Hall–Kier alpha value is -1.87. The molecule has 4 aromatic carbocycles. The van der Waals surface area contributed by atoms with Crippen molar-refractivity contribution in [3.8, 4) is 0 Å². The van der Waals surface area contributed by atoms with Crippen molar-refractivity contribution in [1.82, 2.24) is 0 Å². The van der Waals surface area contributed by atoms with Crippen LogP contribution in [0.25, 0.3) is 0 Å². The fourth-order valence-corrected chi connectivity index (χ4v) is 9.99. The first-order chi connectivity index (χ1) is 19.9. The minimum Gasteiger partial charge on any atom is -0.0622 e. The van der Waals surface area contributed by atoms with Gasteiger partial charge in [-0.25, -0.2) is 5.57 Å². The topological polar surface area (TPSA) is 0 Å². The Morgan fingerprint density at radius 2 is 0.854 bits per heavy atom. The van der Waals surface area contributed by atoms with Gasteiger partial charge in [-0.15, -0.1) is 6.92 Å². The van der Waals surface area contributed by atoms with Crippen LogP contribution in [0.1, 0.15) is 41.0 Å². The van der Waals surface area contributed by atoms with Gasteiger partial charge < -0.3 is 0 Å². The van der Waals surface area contributed by atoms with E-state index in [2.05, 4.69) is 172 Å². The van der Waals surface area contributed by atoms with Crippen LogP contribution in [0.4, 0.5) is 0 Å². The fraction of sp³-hybridized carbons (Fsp3) is 0.243. The van der Waals surface area contributed by atoms with Gasteiger partial charge in [0.1, 0.15) is 0 Å². The molecule has 0 spiro atoms. The third-order valence-electron chi connectivity index (χ3n) is 7.60. The van der Waals surface area contributed by atoms with Crippen LogP contribution in [-0.4, -0.2) is 12.3 Å². The summed E-state index contributed by atoms with van der Waals surface area (Å²) in [6.07, 6.45) is 7.15. The predicted octanol–water partition coefficient (Wildman–Crippen LogP) is 9.44. The molecule has 0 saturated carbocycles. The molecule has 4 heteroatoms. The third-order valence-corrected chi connectivity index (χ3v) is 12.8. The Kier molecular flexibility index (Phi) is 14.2. The van der Waals surface area contributed by atoms with E-state index in [0.717, 1.165) is 0 Å². The van der Waals surface area contributed by atoms with Crippen molar-refractivity contribution < 1.29 is 17.3 Å². The molecule has 0 atom stereocenters. The van der Waals surface area contributed by atoms with E-state index in [1.807, 2.05) is 17.3 Å². The molecule has 4 aromatic rings. The largest absolute Gasteiger partial charge is 0.0622 e.